The Morgan fingerprint density at radius 2 is 2.00 bits per heavy atom. The van der Waals surface area contributed by atoms with Crippen molar-refractivity contribution in [2.24, 2.45) is 0 Å². The highest BCUT2D eigenvalue weighted by molar-refractivity contribution is 5.42. The van der Waals surface area contributed by atoms with Crippen LogP contribution in [-0.4, -0.2) is 20.8 Å². The van der Waals surface area contributed by atoms with E-state index in [1.165, 1.54) is 0 Å². The molecular weight excluding hydrogens is 192 g/mol. The molecule has 0 aliphatic carbocycles. The van der Waals surface area contributed by atoms with Gasteiger partial charge in [0.05, 0.1) is 14.2 Å². The lowest BCUT2D eigenvalue weighted by Crippen LogP contribution is -2.82. The molecule has 1 rings (SSSR count). The quantitative estimate of drug-likeness (QED) is 0.557. The van der Waals surface area contributed by atoms with Gasteiger partial charge in [0, 0.05) is 5.56 Å². The zero-order valence-electron chi connectivity index (χ0n) is 8.99. The summed E-state index contributed by atoms with van der Waals surface area (Å²) in [4.78, 5) is 0. The number of methoxy groups -OCH3 is 2. The molecule has 0 atom stereocenters. The van der Waals surface area contributed by atoms with E-state index >= 15 is 0 Å². The second kappa shape index (κ2) is 5.89. The molecule has 0 spiro atoms. The Morgan fingerprint density at radius 3 is 2.60 bits per heavy atom. The molecule has 4 heteroatoms. The molecule has 0 radical (unpaired) electrons. The lowest BCUT2D eigenvalue weighted by molar-refractivity contribution is -0.660. The molecule has 0 aliphatic rings. The minimum absolute atomic E-state index is 0.467. The normalized spacial score (nSPS) is 9.40. The van der Waals surface area contributed by atoms with E-state index < -0.39 is 0 Å². The fourth-order valence-electron chi connectivity index (χ4n) is 1.31. The van der Waals surface area contributed by atoms with Crippen LogP contribution in [0.5, 0.6) is 11.5 Å². The van der Waals surface area contributed by atoms with E-state index in [0.29, 0.717) is 6.54 Å². The molecule has 0 aromatic heterocycles. The van der Waals surface area contributed by atoms with Gasteiger partial charge in [0.1, 0.15) is 12.6 Å². The molecule has 0 unspecified atom stereocenters. The average molecular weight is 207 g/mol. The van der Waals surface area contributed by atoms with Crippen LogP contribution >= 0.6 is 0 Å². The van der Waals surface area contributed by atoms with Gasteiger partial charge in [0.15, 0.2) is 18.0 Å². The van der Waals surface area contributed by atoms with Crippen molar-refractivity contribution in [3.63, 3.8) is 0 Å². The standard InChI is InChI=1S/C11H14N2O2/c1-14-10-4-3-9(7-11(10)15-2)8-13-6-5-12/h3-4,7,13H,6,8H2,1-2H3/p+1. The second-order valence-corrected chi connectivity index (χ2v) is 3.04. The Hall–Kier alpha value is -1.73. The Kier molecular flexibility index (Phi) is 4.45. The first-order valence-corrected chi connectivity index (χ1v) is 4.71. The summed E-state index contributed by atoms with van der Waals surface area (Å²) < 4.78 is 10.3. The smallest absolute Gasteiger partial charge is 0.163 e. The van der Waals surface area contributed by atoms with E-state index in [2.05, 4.69) is 6.07 Å². The highest BCUT2D eigenvalue weighted by atomic mass is 16.5. The number of nitrogens with two attached hydrogens (primary N) is 1. The third-order valence-corrected chi connectivity index (χ3v) is 2.06. The second-order valence-electron chi connectivity index (χ2n) is 3.04. The maximum absolute atomic E-state index is 8.40. The number of nitrogens with zero attached hydrogens (tertiary/aromatic N) is 1. The minimum Gasteiger partial charge on any atom is -0.493 e. The molecule has 80 valence electrons. The molecule has 1 aromatic rings. The van der Waals surface area contributed by atoms with Gasteiger partial charge >= 0.3 is 0 Å². The third kappa shape index (κ3) is 3.15. The first kappa shape index (κ1) is 11.3. The summed E-state index contributed by atoms with van der Waals surface area (Å²) >= 11 is 0. The van der Waals surface area contributed by atoms with Gasteiger partial charge in [-0.15, -0.1) is 0 Å². The van der Waals surface area contributed by atoms with Crippen LogP contribution in [0.2, 0.25) is 0 Å². The van der Waals surface area contributed by atoms with E-state index in [0.717, 1.165) is 23.6 Å². The fraction of sp³-hybridized carbons (Fsp3) is 0.364. The molecule has 4 nitrogen and oxygen atoms in total. The van der Waals surface area contributed by atoms with Gasteiger partial charge in [-0.2, -0.15) is 5.26 Å². The largest absolute Gasteiger partial charge is 0.493 e. The molecule has 0 saturated heterocycles. The molecule has 1 aromatic carbocycles. The van der Waals surface area contributed by atoms with Crippen LogP contribution in [0.3, 0.4) is 0 Å². The average Bonchev–Trinajstić information content (AvgIpc) is 2.29. The summed E-state index contributed by atoms with van der Waals surface area (Å²) in [5, 5.41) is 10.3. The summed E-state index contributed by atoms with van der Waals surface area (Å²) in [5.41, 5.74) is 1.11. The number of quaternary nitrogens is 1. The van der Waals surface area contributed by atoms with Crippen molar-refractivity contribution in [1.29, 1.82) is 5.26 Å². The summed E-state index contributed by atoms with van der Waals surface area (Å²) in [5.74, 6) is 1.45. The Labute approximate surface area is 89.4 Å². The molecule has 0 saturated carbocycles. The van der Waals surface area contributed by atoms with Crippen molar-refractivity contribution in [3.8, 4) is 17.6 Å². The SMILES string of the molecule is COc1ccc(C[NH2+]CC#N)cc1OC. The summed E-state index contributed by atoms with van der Waals surface area (Å²) in [6.45, 7) is 1.24. The number of rotatable bonds is 5. The van der Waals surface area contributed by atoms with E-state index in [4.69, 9.17) is 14.7 Å². The monoisotopic (exact) mass is 207 g/mol. The number of hydrogen-bond acceptors (Lipinski definition) is 3. The van der Waals surface area contributed by atoms with Gasteiger partial charge < -0.3 is 14.8 Å². The first-order chi connectivity index (χ1) is 7.31. The van der Waals surface area contributed by atoms with Crippen LogP contribution < -0.4 is 14.8 Å². The molecule has 0 aliphatic heterocycles. The number of ether oxygens (including phenoxy) is 2. The predicted molar refractivity (Wildman–Crippen MR) is 55.7 cm³/mol. The number of benzene rings is 1. The molecular formula is C11H15N2O2+. The molecule has 15 heavy (non-hydrogen) atoms. The van der Waals surface area contributed by atoms with Crippen LogP contribution in [0, 0.1) is 11.3 Å². The summed E-state index contributed by atoms with van der Waals surface area (Å²) in [6, 6.07) is 7.84. The van der Waals surface area contributed by atoms with Crippen LogP contribution in [-0.2, 0) is 6.54 Å². The predicted octanol–water partition coefficient (Wildman–Crippen LogP) is 0.291. The van der Waals surface area contributed by atoms with Gasteiger partial charge in [0.2, 0.25) is 0 Å². The van der Waals surface area contributed by atoms with Gasteiger partial charge in [-0.1, -0.05) is 0 Å². The third-order valence-electron chi connectivity index (χ3n) is 2.06. The van der Waals surface area contributed by atoms with E-state index in [1.807, 2.05) is 23.5 Å². The van der Waals surface area contributed by atoms with Crippen LogP contribution in [0.4, 0.5) is 0 Å². The summed E-state index contributed by atoms with van der Waals surface area (Å²) in [6.07, 6.45) is 0. The lowest BCUT2D eigenvalue weighted by Gasteiger charge is -2.08. The van der Waals surface area contributed by atoms with Crippen molar-refractivity contribution in [2.75, 3.05) is 20.8 Å². The maximum atomic E-state index is 8.40. The molecule has 0 heterocycles. The van der Waals surface area contributed by atoms with Gasteiger partial charge in [-0.3, -0.25) is 0 Å². The lowest BCUT2D eigenvalue weighted by atomic mass is 10.2. The Bertz CT molecular complexity index is 358. The van der Waals surface area contributed by atoms with Crippen molar-refractivity contribution >= 4 is 0 Å². The Balaban J connectivity index is 2.71. The van der Waals surface area contributed by atoms with Crippen LogP contribution in [0.25, 0.3) is 0 Å². The molecule has 0 amide bonds. The number of nitriles is 1. The van der Waals surface area contributed by atoms with Crippen molar-refractivity contribution in [1.82, 2.24) is 0 Å². The topological polar surface area (TPSA) is 58.9 Å². The van der Waals surface area contributed by atoms with Crippen molar-refractivity contribution < 1.29 is 14.8 Å². The van der Waals surface area contributed by atoms with Crippen LogP contribution in [0.1, 0.15) is 5.56 Å². The van der Waals surface area contributed by atoms with Gasteiger partial charge in [-0.05, 0) is 18.2 Å². The Morgan fingerprint density at radius 1 is 1.27 bits per heavy atom. The van der Waals surface area contributed by atoms with Gasteiger partial charge in [0.25, 0.3) is 0 Å². The molecule has 0 bridgehead atoms. The highest BCUT2D eigenvalue weighted by Crippen LogP contribution is 2.26. The van der Waals surface area contributed by atoms with E-state index in [9.17, 15) is 0 Å². The maximum Gasteiger partial charge on any atom is 0.163 e. The molecule has 2 N–H and O–H groups in total. The van der Waals surface area contributed by atoms with Crippen molar-refractivity contribution in [3.05, 3.63) is 23.8 Å². The fourth-order valence-corrected chi connectivity index (χ4v) is 1.31. The zero-order chi connectivity index (χ0) is 11.1. The van der Waals surface area contributed by atoms with E-state index in [-0.39, 0.29) is 0 Å². The van der Waals surface area contributed by atoms with E-state index in [1.54, 1.807) is 14.2 Å². The number of hydrogen-bond donors (Lipinski definition) is 1. The van der Waals surface area contributed by atoms with Crippen molar-refractivity contribution in [2.45, 2.75) is 6.54 Å². The van der Waals surface area contributed by atoms with Crippen LogP contribution in [0.15, 0.2) is 18.2 Å². The first-order valence-electron chi connectivity index (χ1n) is 4.71. The summed E-state index contributed by atoms with van der Waals surface area (Å²) in [7, 11) is 3.22. The van der Waals surface area contributed by atoms with Gasteiger partial charge in [-0.25, -0.2) is 0 Å². The molecule has 0 fully saturated rings. The minimum atomic E-state index is 0.467. The highest BCUT2D eigenvalue weighted by Gasteiger charge is 2.04. The zero-order valence-corrected chi connectivity index (χ0v) is 8.99.